The highest BCUT2D eigenvalue weighted by atomic mass is 35.5. The zero-order valence-electron chi connectivity index (χ0n) is 13.2. The van der Waals surface area contributed by atoms with E-state index in [9.17, 15) is 9.59 Å². The average molecular weight is 329 g/mol. The summed E-state index contributed by atoms with van der Waals surface area (Å²) in [7, 11) is 1.71. The van der Waals surface area contributed by atoms with Gasteiger partial charge in [-0.2, -0.15) is 0 Å². The maximum atomic E-state index is 12.3. The summed E-state index contributed by atoms with van der Waals surface area (Å²) in [5.41, 5.74) is 12.7. The number of urea groups is 1. The molecular weight excluding hydrogens is 304 g/mol. The summed E-state index contributed by atoms with van der Waals surface area (Å²) in [6.45, 7) is 4.20. The van der Waals surface area contributed by atoms with Crippen molar-refractivity contribution in [2.24, 2.45) is 11.5 Å². The molecule has 1 aromatic rings. The van der Waals surface area contributed by atoms with E-state index in [2.05, 4.69) is 5.32 Å². The second-order valence-corrected chi connectivity index (χ2v) is 5.21. The lowest BCUT2D eigenvalue weighted by atomic mass is 9.98. The highest BCUT2D eigenvalue weighted by Gasteiger charge is 2.22. The Hall–Kier alpha value is -1.79. The maximum absolute atomic E-state index is 12.3. The molecule has 22 heavy (non-hydrogen) atoms. The molecule has 3 amide bonds. The number of nitrogens with one attached hydrogen (secondary N) is 1. The fourth-order valence-corrected chi connectivity index (χ4v) is 2.11. The smallest absolute Gasteiger partial charge is 0.312 e. The molecule has 6 nitrogen and oxygen atoms in total. The van der Waals surface area contributed by atoms with Crippen molar-refractivity contribution in [1.82, 2.24) is 10.2 Å². The lowest BCUT2D eigenvalue weighted by Gasteiger charge is -2.27. The van der Waals surface area contributed by atoms with Crippen molar-refractivity contribution in [2.75, 3.05) is 13.6 Å². The summed E-state index contributed by atoms with van der Waals surface area (Å²) in [5, 5.41) is 2.64. The quantitative estimate of drug-likeness (QED) is 0.734. The van der Waals surface area contributed by atoms with E-state index in [0.717, 1.165) is 11.1 Å². The molecule has 5 N–H and O–H groups in total. The van der Waals surface area contributed by atoms with Crippen LogP contribution in [-0.4, -0.2) is 36.5 Å². The first-order valence-corrected chi connectivity index (χ1v) is 6.94. The molecule has 0 spiro atoms. The lowest BCUT2D eigenvalue weighted by molar-refractivity contribution is -0.132. The van der Waals surface area contributed by atoms with Crippen molar-refractivity contribution in [3.05, 3.63) is 35.4 Å². The van der Waals surface area contributed by atoms with E-state index in [1.165, 1.54) is 0 Å². The molecule has 0 bridgehead atoms. The molecule has 0 saturated carbocycles. The monoisotopic (exact) mass is 328 g/mol. The van der Waals surface area contributed by atoms with Gasteiger partial charge in [-0.05, 0) is 25.0 Å². The van der Waals surface area contributed by atoms with Crippen molar-refractivity contribution < 1.29 is 9.59 Å². The minimum atomic E-state index is -0.648. The number of primary amides is 1. The molecule has 1 rings (SSSR count). The third-order valence-corrected chi connectivity index (χ3v) is 3.65. The summed E-state index contributed by atoms with van der Waals surface area (Å²) in [6, 6.07) is 6.45. The average Bonchev–Trinajstić information content (AvgIpc) is 2.44. The van der Waals surface area contributed by atoms with E-state index in [-0.39, 0.29) is 30.8 Å². The fraction of sp³-hybridized carbons (Fsp3) is 0.467. The van der Waals surface area contributed by atoms with Crippen molar-refractivity contribution >= 4 is 24.3 Å². The van der Waals surface area contributed by atoms with Crippen LogP contribution in [0, 0.1) is 6.92 Å². The number of rotatable bonds is 6. The number of benzene rings is 1. The van der Waals surface area contributed by atoms with Crippen LogP contribution in [0.2, 0.25) is 0 Å². The number of hydrogen-bond donors (Lipinski definition) is 3. The van der Waals surface area contributed by atoms with Gasteiger partial charge in [-0.1, -0.05) is 24.3 Å². The Balaban J connectivity index is 0.00000441. The third-order valence-electron chi connectivity index (χ3n) is 3.65. The number of aryl methyl sites for hydroxylation is 1. The number of carbonyl (C=O) groups excluding carboxylic acids is 2. The molecule has 0 aromatic heterocycles. The number of amides is 3. The van der Waals surface area contributed by atoms with Gasteiger partial charge in [0.1, 0.15) is 0 Å². The third kappa shape index (κ3) is 5.54. The van der Waals surface area contributed by atoms with Crippen molar-refractivity contribution in [3.63, 3.8) is 0 Å². The molecule has 124 valence electrons. The fourth-order valence-electron chi connectivity index (χ4n) is 2.11. The number of nitrogens with zero attached hydrogens (tertiary/aromatic N) is 1. The van der Waals surface area contributed by atoms with Gasteiger partial charge in [0, 0.05) is 19.6 Å². The zero-order valence-corrected chi connectivity index (χ0v) is 14.0. The molecular formula is C15H25ClN4O2. The Morgan fingerprint density at radius 2 is 1.91 bits per heavy atom. The summed E-state index contributed by atoms with van der Waals surface area (Å²) >= 11 is 0. The van der Waals surface area contributed by atoms with E-state index in [1.54, 1.807) is 11.9 Å². The first-order chi connectivity index (χ1) is 9.86. The second-order valence-electron chi connectivity index (χ2n) is 5.21. The van der Waals surface area contributed by atoms with Crippen molar-refractivity contribution in [3.8, 4) is 0 Å². The Bertz CT molecular complexity index is 510. The lowest BCUT2D eigenvalue weighted by Crippen LogP contribution is -2.42. The molecule has 0 aliphatic carbocycles. The van der Waals surface area contributed by atoms with Gasteiger partial charge in [-0.25, -0.2) is 4.79 Å². The predicted octanol–water partition coefficient (Wildman–Crippen LogP) is 1.32. The molecule has 0 saturated heterocycles. The first kappa shape index (κ1) is 20.2. The predicted molar refractivity (Wildman–Crippen MR) is 89.8 cm³/mol. The molecule has 0 heterocycles. The highest BCUT2D eigenvalue weighted by Crippen LogP contribution is 2.21. The van der Waals surface area contributed by atoms with Gasteiger partial charge < -0.3 is 21.7 Å². The highest BCUT2D eigenvalue weighted by molar-refractivity contribution is 5.85. The van der Waals surface area contributed by atoms with Crippen LogP contribution in [0.25, 0.3) is 0 Å². The molecule has 1 aromatic carbocycles. The van der Waals surface area contributed by atoms with Crippen LogP contribution in [0.15, 0.2) is 24.3 Å². The van der Waals surface area contributed by atoms with Gasteiger partial charge >= 0.3 is 6.03 Å². The minimum absolute atomic E-state index is 0. The van der Waals surface area contributed by atoms with Crippen LogP contribution >= 0.6 is 12.4 Å². The van der Waals surface area contributed by atoms with Crippen LogP contribution in [0.1, 0.15) is 30.5 Å². The molecule has 0 aliphatic heterocycles. The maximum Gasteiger partial charge on any atom is 0.312 e. The van der Waals surface area contributed by atoms with Gasteiger partial charge in [0.05, 0.1) is 12.5 Å². The Kier molecular flexibility index (Phi) is 8.52. The molecule has 2 unspecified atom stereocenters. The van der Waals surface area contributed by atoms with Gasteiger partial charge in [0.25, 0.3) is 0 Å². The van der Waals surface area contributed by atoms with Gasteiger partial charge in [-0.3, -0.25) is 4.79 Å². The Labute approximate surface area is 137 Å². The summed E-state index contributed by atoms with van der Waals surface area (Å²) < 4.78 is 0. The largest absolute Gasteiger partial charge is 0.352 e. The summed E-state index contributed by atoms with van der Waals surface area (Å²) in [5.74, 6) is -0.0880. The number of carbonyl (C=O) groups is 2. The topological polar surface area (TPSA) is 101 Å². The Morgan fingerprint density at radius 1 is 1.32 bits per heavy atom. The van der Waals surface area contributed by atoms with E-state index in [4.69, 9.17) is 11.5 Å². The van der Waals surface area contributed by atoms with Gasteiger partial charge in [0.15, 0.2) is 0 Å². The molecule has 0 radical (unpaired) electrons. The SMILES string of the molecule is Cc1ccccc1C(CC(=O)N(C)C(C)CN)NC(N)=O.Cl. The first-order valence-electron chi connectivity index (χ1n) is 6.94. The van der Waals surface area contributed by atoms with Crippen molar-refractivity contribution in [2.45, 2.75) is 32.4 Å². The van der Waals surface area contributed by atoms with E-state index in [0.29, 0.717) is 6.54 Å². The van der Waals surface area contributed by atoms with Crippen LogP contribution in [-0.2, 0) is 4.79 Å². The summed E-state index contributed by atoms with van der Waals surface area (Å²) in [4.78, 5) is 25.1. The standard InChI is InChI=1S/C15H24N4O2.ClH/c1-10-6-4-5-7-12(10)13(18-15(17)21)8-14(20)19(3)11(2)9-16;/h4-7,11,13H,8-9,16H2,1-3H3,(H3,17,18,21);1H. The van der Waals surface area contributed by atoms with Crippen LogP contribution in [0.3, 0.4) is 0 Å². The molecule has 7 heteroatoms. The van der Waals surface area contributed by atoms with Crippen molar-refractivity contribution in [1.29, 1.82) is 0 Å². The van der Waals surface area contributed by atoms with E-state index < -0.39 is 12.1 Å². The second kappa shape index (κ2) is 9.27. The zero-order chi connectivity index (χ0) is 16.0. The van der Waals surface area contributed by atoms with Crippen LogP contribution < -0.4 is 16.8 Å². The van der Waals surface area contributed by atoms with Crippen LogP contribution in [0.5, 0.6) is 0 Å². The molecule has 0 fully saturated rings. The minimum Gasteiger partial charge on any atom is -0.352 e. The number of likely N-dealkylation sites (N-methyl/N-ethyl adjacent to an activating group) is 1. The van der Waals surface area contributed by atoms with Gasteiger partial charge in [-0.15, -0.1) is 12.4 Å². The van der Waals surface area contributed by atoms with Crippen LogP contribution in [0.4, 0.5) is 4.79 Å². The number of nitrogens with two attached hydrogens (primary N) is 2. The summed E-state index contributed by atoms with van der Waals surface area (Å²) in [6.07, 6.45) is 0.147. The van der Waals surface area contributed by atoms with E-state index >= 15 is 0 Å². The normalized spacial score (nSPS) is 12.7. The van der Waals surface area contributed by atoms with Gasteiger partial charge in [0.2, 0.25) is 5.91 Å². The number of halogens is 1. The van der Waals surface area contributed by atoms with E-state index in [1.807, 2.05) is 38.1 Å². The Morgan fingerprint density at radius 3 is 2.41 bits per heavy atom. The molecule has 0 aliphatic rings. The molecule has 2 atom stereocenters. The number of hydrogen-bond acceptors (Lipinski definition) is 3.